The summed E-state index contributed by atoms with van der Waals surface area (Å²) in [6, 6.07) is 4.71. The van der Waals surface area contributed by atoms with E-state index in [0.717, 1.165) is 25.7 Å². The van der Waals surface area contributed by atoms with Gasteiger partial charge in [-0.1, -0.05) is 19.1 Å². The molecule has 0 unspecified atom stereocenters. The maximum atomic E-state index is 12.9. The second-order valence-electron chi connectivity index (χ2n) is 5.58. The molecule has 2 rings (SSSR count). The number of anilines is 1. The summed E-state index contributed by atoms with van der Waals surface area (Å²) in [6.07, 6.45) is -5.03. The number of piperazine rings is 1. The summed E-state index contributed by atoms with van der Waals surface area (Å²) in [7, 11) is 0. The third kappa shape index (κ3) is 4.70. The van der Waals surface area contributed by atoms with Crippen LogP contribution in [0.5, 0.6) is 0 Å². The Kier molecular flexibility index (Phi) is 5.82. The first kappa shape index (κ1) is 18.3. The SMILES string of the molecule is CCN1CCN(C(=O)CC(=O)Nc2ccccc2C(F)(F)F)CC1. The molecule has 1 aromatic carbocycles. The second kappa shape index (κ2) is 7.65. The lowest BCUT2D eigenvalue weighted by Gasteiger charge is -2.34. The molecule has 1 aliphatic heterocycles. The van der Waals surface area contributed by atoms with E-state index in [2.05, 4.69) is 10.2 Å². The molecule has 24 heavy (non-hydrogen) atoms. The van der Waals surface area contributed by atoms with Gasteiger partial charge in [-0.3, -0.25) is 9.59 Å². The van der Waals surface area contributed by atoms with Crippen molar-refractivity contribution in [2.24, 2.45) is 0 Å². The first-order valence-electron chi connectivity index (χ1n) is 7.77. The maximum Gasteiger partial charge on any atom is 0.418 e. The van der Waals surface area contributed by atoms with Gasteiger partial charge < -0.3 is 15.1 Å². The van der Waals surface area contributed by atoms with E-state index in [0.29, 0.717) is 13.1 Å². The molecule has 0 saturated carbocycles. The van der Waals surface area contributed by atoms with Gasteiger partial charge in [0.1, 0.15) is 6.42 Å². The molecule has 1 aliphatic rings. The normalized spacial score (nSPS) is 16.1. The molecule has 0 atom stereocenters. The Hall–Kier alpha value is -2.09. The van der Waals surface area contributed by atoms with E-state index in [-0.39, 0.29) is 11.6 Å². The van der Waals surface area contributed by atoms with Crippen molar-refractivity contribution < 1.29 is 22.8 Å². The minimum Gasteiger partial charge on any atom is -0.340 e. The third-order valence-electron chi connectivity index (χ3n) is 3.99. The van der Waals surface area contributed by atoms with Crippen molar-refractivity contribution >= 4 is 17.5 Å². The molecule has 0 spiro atoms. The fourth-order valence-corrected chi connectivity index (χ4v) is 2.60. The van der Waals surface area contributed by atoms with E-state index in [1.165, 1.54) is 18.2 Å². The van der Waals surface area contributed by atoms with Crippen molar-refractivity contribution in [3.05, 3.63) is 29.8 Å². The minimum atomic E-state index is -4.57. The van der Waals surface area contributed by atoms with Crippen LogP contribution in [0.1, 0.15) is 18.9 Å². The highest BCUT2D eigenvalue weighted by molar-refractivity contribution is 6.03. The van der Waals surface area contributed by atoms with Crippen molar-refractivity contribution in [1.82, 2.24) is 9.80 Å². The second-order valence-corrected chi connectivity index (χ2v) is 5.58. The predicted molar refractivity (Wildman–Crippen MR) is 83.4 cm³/mol. The van der Waals surface area contributed by atoms with Gasteiger partial charge in [0.15, 0.2) is 0 Å². The van der Waals surface area contributed by atoms with Crippen LogP contribution in [0.25, 0.3) is 0 Å². The van der Waals surface area contributed by atoms with Crippen LogP contribution in [0.4, 0.5) is 18.9 Å². The highest BCUT2D eigenvalue weighted by Crippen LogP contribution is 2.34. The highest BCUT2D eigenvalue weighted by atomic mass is 19.4. The van der Waals surface area contributed by atoms with Gasteiger partial charge in [-0.2, -0.15) is 13.2 Å². The average Bonchev–Trinajstić information content (AvgIpc) is 2.54. The largest absolute Gasteiger partial charge is 0.418 e. The number of rotatable bonds is 4. The molecular weight excluding hydrogens is 323 g/mol. The molecule has 0 bridgehead atoms. The maximum absolute atomic E-state index is 12.9. The number of hydrogen-bond acceptors (Lipinski definition) is 3. The number of carbonyl (C=O) groups excluding carboxylic acids is 2. The predicted octanol–water partition coefficient (Wildman–Crippen LogP) is 2.20. The van der Waals surface area contributed by atoms with Crippen molar-refractivity contribution in [3.8, 4) is 0 Å². The molecular formula is C16H20F3N3O2. The molecule has 1 aromatic rings. The molecule has 0 aromatic heterocycles. The van der Waals surface area contributed by atoms with Gasteiger partial charge in [-0.15, -0.1) is 0 Å². The average molecular weight is 343 g/mol. The topological polar surface area (TPSA) is 52.7 Å². The number of carbonyl (C=O) groups is 2. The number of para-hydroxylation sites is 1. The Morgan fingerprint density at radius 1 is 1.12 bits per heavy atom. The minimum absolute atomic E-state index is 0.335. The molecule has 132 valence electrons. The van der Waals surface area contributed by atoms with Gasteiger partial charge in [0.25, 0.3) is 0 Å². The molecule has 1 fully saturated rings. The zero-order chi connectivity index (χ0) is 17.7. The molecule has 5 nitrogen and oxygen atoms in total. The molecule has 0 aliphatic carbocycles. The smallest absolute Gasteiger partial charge is 0.340 e. The first-order valence-corrected chi connectivity index (χ1v) is 7.77. The van der Waals surface area contributed by atoms with Crippen molar-refractivity contribution in [2.75, 3.05) is 38.0 Å². The van der Waals surface area contributed by atoms with E-state index in [1.807, 2.05) is 6.92 Å². The van der Waals surface area contributed by atoms with Gasteiger partial charge in [0, 0.05) is 26.2 Å². The summed E-state index contributed by atoms with van der Waals surface area (Å²) in [5.74, 6) is -1.11. The summed E-state index contributed by atoms with van der Waals surface area (Å²) in [5, 5.41) is 2.19. The lowest BCUT2D eigenvalue weighted by molar-refractivity contribution is -0.137. The molecule has 1 N–H and O–H groups in total. The summed E-state index contributed by atoms with van der Waals surface area (Å²) in [6.45, 7) is 5.46. The number of nitrogens with zero attached hydrogens (tertiary/aromatic N) is 2. The lowest BCUT2D eigenvalue weighted by atomic mass is 10.1. The van der Waals surface area contributed by atoms with Gasteiger partial charge >= 0.3 is 6.18 Å². The Balaban J connectivity index is 1.93. The van der Waals surface area contributed by atoms with Gasteiger partial charge in [0.05, 0.1) is 11.3 Å². The van der Waals surface area contributed by atoms with Crippen LogP contribution in [-0.4, -0.2) is 54.3 Å². The Morgan fingerprint density at radius 2 is 1.75 bits per heavy atom. The van der Waals surface area contributed by atoms with Crippen LogP contribution in [0.2, 0.25) is 0 Å². The molecule has 1 saturated heterocycles. The van der Waals surface area contributed by atoms with Gasteiger partial charge in [-0.05, 0) is 18.7 Å². The monoisotopic (exact) mass is 343 g/mol. The number of alkyl halides is 3. The zero-order valence-corrected chi connectivity index (χ0v) is 13.4. The fourth-order valence-electron chi connectivity index (χ4n) is 2.60. The summed E-state index contributed by atoms with van der Waals surface area (Å²) < 4.78 is 38.7. The number of benzene rings is 1. The van der Waals surface area contributed by atoms with Gasteiger partial charge in [-0.25, -0.2) is 0 Å². The number of halogens is 3. The van der Waals surface area contributed by atoms with E-state index in [4.69, 9.17) is 0 Å². The van der Waals surface area contributed by atoms with Crippen LogP contribution < -0.4 is 5.32 Å². The van der Waals surface area contributed by atoms with Crippen molar-refractivity contribution in [2.45, 2.75) is 19.5 Å². The van der Waals surface area contributed by atoms with Crippen LogP contribution in [0, 0.1) is 0 Å². The Morgan fingerprint density at radius 3 is 2.33 bits per heavy atom. The number of amides is 2. The standard InChI is InChI=1S/C16H20F3N3O2/c1-2-21-7-9-22(10-8-21)15(24)11-14(23)20-13-6-4-3-5-12(13)16(17,18)19/h3-6H,2,7-11H2,1H3,(H,20,23). The van der Waals surface area contributed by atoms with Crippen molar-refractivity contribution in [3.63, 3.8) is 0 Å². The number of nitrogens with one attached hydrogen (secondary N) is 1. The first-order chi connectivity index (χ1) is 11.3. The molecule has 0 radical (unpaired) electrons. The van der Waals surface area contributed by atoms with Crippen LogP contribution >= 0.6 is 0 Å². The Labute approximate surface area is 138 Å². The van der Waals surface area contributed by atoms with E-state index in [1.54, 1.807) is 4.90 Å². The zero-order valence-electron chi connectivity index (χ0n) is 13.4. The summed E-state index contributed by atoms with van der Waals surface area (Å²) in [5.41, 5.74) is -1.26. The van der Waals surface area contributed by atoms with Crippen LogP contribution in [0.3, 0.4) is 0 Å². The van der Waals surface area contributed by atoms with E-state index in [9.17, 15) is 22.8 Å². The molecule has 2 amide bonds. The Bertz CT molecular complexity index is 596. The summed E-state index contributed by atoms with van der Waals surface area (Å²) in [4.78, 5) is 27.8. The van der Waals surface area contributed by atoms with Crippen LogP contribution in [0.15, 0.2) is 24.3 Å². The summed E-state index contributed by atoms with van der Waals surface area (Å²) >= 11 is 0. The van der Waals surface area contributed by atoms with E-state index < -0.39 is 24.1 Å². The number of likely N-dealkylation sites (N-methyl/N-ethyl adjacent to an activating group) is 1. The molecule has 8 heteroatoms. The quantitative estimate of drug-likeness (QED) is 0.853. The fraction of sp³-hybridized carbons (Fsp3) is 0.500. The lowest BCUT2D eigenvalue weighted by Crippen LogP contribution is -2.49. The van der Waals surface area contributed by atoms with E-state index >= 15 is 0 Å². The molecule has 1 heterocycles. The number of hydrogen-bond donors (Lipinski definition) is 1. The van der Waals surface area contributed by atoms with Gasteiger partial charge in [0.2, 0.25) is 11.8 Å². The van der Waals surface area contributed by atoms with Crippen LogP contribution in [-0.2, 0) is 15.8 Å². The highest BCUT2D eigenvalue weighted by Gasteiger charge is 2.33. The third-order valence-corrected chi connectivity index (χ3v) is 3.99. The van der Waals surface area contributed by atoms with Crippen molar-refractivity contribution in [1.29, 1.82) is 0 Å².